The minimum absolute atomic E-state index is 0.171. The molecule has 0 saturated carbocycles. The third-order valence-electron chi connectivity index (χ3n) is 1.61. The molecule has 0 aromatic carbocycles. The molecule has 0 aliphatic rings. The summed E-state index contributed by atoms with van der Waals surface area (Å²) in [5.41, 5.74) is -0.515. The molecule has 0 radical (unpaired) electrons. The van der Waals surface area contributed by atoms with E-state index >= 15 is 0 Å². The van der Waals surface area contributed by atoms with Gasteiger partial charge in [-0.2, -0.15) is 0 Å². The van der Waals surface area contributed by atoms with Crippen molar-refractivity contribution in [1.29, 1.82) is 0 Å². The van der Waals surface area contributed by atoms with Gasteiger partial charge in [-0.15, -0.1) is 0 Å². The summed E-state index contributed by atoms with van der Waals surface area (Å²) in [6.45, 7) is 9.68. The lowest BCUT2D eigenvalue weighted by molar-refractivity contribution is -0.144. The van der Waals surface area contributed by atoms with Crippen molar-refractivity contribution < 1.29 is 19.1 Å². The number of carbonyl (C=O) groups is 2. The second kappa shape index (κ2) is 7.14. The van der Waals surface area contributed by atoms with E-state index in [1.54, 1.807) is 20.8 Å². The number of ether oxygens (including phenoxy) is 2. The fraction of sp³-hybridized carbons (Fsp3) is 0.833. The average molecular weight is 245 g/mol. The summed E-state index contributed by atoms with van der Waals surface area (Å²) < 4.78 is 9.94. The highest BCUT2D eigenvalue weighted by Crippen LogP contribution is 2.06. The van der Waals surface area contributed by atoms with Crippen molar-refractivity contribution >= 4 is 12.1 Å². The Balaban J connectivity index is 3.58. The van der Waals surface area contributed by atoms with Crippen LogP contribution in [0.25, 0.3) is 0 Å². The molecule has 100 valence electrons. The van der Waals surface area contributed by atoms with Gasteiger partial charge in [-0.25, -0.2) is 4.79 Å². The van der Waals surface area contributed by atoms with Crippen LogP contribution < -0.4 is 5.32 Å². The van der Waals surface area contributed by atoms with Crippen molar-refractivity contribution in [3.05, 3.63) is 0 Å². The predicted molar refractivity (Wildman–Crippen MR) is 64.7 cm³/mol. The Hall–Kier alpha value is -1.26. The molecule has 0 aliphatic heterocycles. The van der Waals surface area contributed by atoms with Crippen molar-refractivity contribution in [3.8, 4) is 0 Å². The molecule has 5 heteroatoms. The monoisotopic (exact) mass is 245 g/mol. The molecule has 0 saturated heterocycles. The molecule has 0 aromatic heterocycles. The van der Waals surface area contributed by atoms with Gasteiger partial charge in [-0.1, -0.05) is 13.8 Å². The van der Waals surface area contributed by atoms with Crippen LogP contribution in [0.4, 0.5) is 4.79 Å². The van der Waals surface area contributed by atoms with Crippen LogP contribution in [0.3, 0.4) is 0 Å². The third kappa shape index (κ3) is 11.0. The van der Waals surface area contributed by atoms with Crippen molar-refractivity contribution in [1.82, 2.24) is 5.32 Å². The maximum atomic E-state index is 11.2. The van der Waals surface area contributed by atoms with Gasteiger partial charge in [0.2, 0.25) is 0 Å². The third-order valence-corrected chi connectivity index (χ3v) is 1.61. The lowest BCUT2D eigenvalue weighted by Crippen LogP contribution is -2.34. The molecule has 0 fully saturated rings. The molecule has 0 aromatic rings. The van der Waals surface area contributed by atoms with E-state index in [0.717, 1.165) is 0 Å². The van der Waals surface area contributed by atoms with E-state index in [4.69, 9.17) is 9.47 Å². The molecule has 0 rings (SSSR count). The van der Waals surface area contributed by atoms with Crippen LogP contribution >= 0.6 is 0 Å². The van der Waals surface area contributed by atoms with Crippen LogP contribution in [0, 0.1) is 5.92 Å². The quantitative estimate of drug-likeness (QED) is 0.595. The van der Waals surface area contributed by atoms with Crippen LogP contribution in [0.1, 0.15) is 41.0 Å². The van der Waals surface area contributed by atoms with Crippen LogP contribution in [-0.4, -0.2) is 30.8 Å². The SMILES string of the molecule is CC(C)CC(=O)OCCNC(=O)OC(C)(C)C. The van der Waals surface area contributed by atoms with E-state index in [0.29, 0.717) is 6.42 Å². The average Bonchev–Trinajstić information content (AvgIpc) is 2.08. The number of esters is 1. The summed E-state index contributed by atoms with van der Waals surface area (Å²) in [4.78, 5) is 22.4. The number of hydrogen-bond acceptors (Lipinski definition) is 4. The van der Waals surface area contributed by atoms with E-state index < -0.39 is 11.7 Å². The van der Waals surface area contributed by atoms with Gasteiger partial charge < -0.3 is 14.8 Å². The highest BCUT2D eigenvalue weighted by Gasteiger charge is 2.15. The van der Waals surface area contributed by atoms with E-state index in [9.17, 15) is 9.59 Å². The summed E-state index contributed by atoms with van der Waals surface area (Å²) in [6, 6.07) is 0. The summed E-state index contributed by atoms with van der Waals surface area (Å²) in [6.07, 6.45) is -0.107. The molecule has 0 heterocycles. The number of amides is 1. The summed E-state index contributed by atoms with van der Waals surface area (Å²) >= 11 is 0. The van der Waals surface area contributed by atoms with Crippen LogP contribution in [0.2, 0.25) is 0 Å². The number of rotatable bonds is 5. The highest BCUT2D eigenvalue weighted by atomic mass is 16.6. The molecule has 1 amide bonds. The topological polar surface area (TPSA) is 64.6 Å². The van der Waals surface area contributed by atoms with Crippen LogP contribution in [-0.2, 0) is 14.3 Å². The maximum Gasteiger partial charge on any atom is 0.407 e. The van der Waals surface area contributed by atoms with Crippen molar-refractivity contribution in [3.63, 3.8) is 0 Å². The zero-order chi connectivity index (χ0) is 13.5. The first-order valence-corrected chi connectivity index (χ1v) is 5.83. The highest BCUT2D eigenvalue weighted by molar-refractivity contribution is 5.70. The minimum Gasteiger partial charge on any atom is -0.464 e. The predicted octanol–water partition coefficient (Wildman–Crippen LogP) is 2.10. The number of carbonyl (C=O) groups excluding carboxylic acids is 2. The fourth-order valence-corrected chi connectivity index (χ4v) is 1.02. The minimum atomic E-state index is -0.515. The van der Waals surface area contributed by atoms with Gasteiger partial charge in [-0.3, -0.25) is 4.79 Å². The van der Waals surface area contributed by atoms with Gasteiger partial charge in [-0.05, 0) is 26.7 Å². The normalized spacial score (nSPS) is 11.2. The summed E-state index contributed by atoms with van der Waals surface area (Å²) in [5, 5.41) is 2.51. The lowest BCUT2D eigenvalue weighted by Gasteiger charge is -2.19. The van der Waals surface area contributed by atoms with Gasteiger partial charge in [0, 0.05) is 6.42 Å². The van der Waals surface area contributed by atoms with Gasteiger partial charge in [0.25, 0.3) is 0 Å². The smallest absolute Gasteiger partial charge is 0.407 e. The second-order valence-corrected chi connectivity index (χ2v) is 5.25. The molecule has 0 bridgehead atoms. The van der Waals surface area contributed by atoms with E-state index in [-0.39, 0.29) is 25.0 Å². The standard InChI is InChI=1S/C12H23NO4/c1-9(2)8-10(14)16-7-6-13-11(15)17-12(3,4)5/h9H,6-8H2,1-5H3,(H,13,15). The second-order valence-electron chi connectivity index (χ2n) is 5.25. The molecule has 0 atom stereocenters. The molecular weight excluding hydrogens is 222 g/mol. The van der Waals surface area contributed by atoms with E-state index in [1.807, 2.05) is 13.8 Å². The van der Waals surface area contributed by atoms with E-state index in [2.05, 4.69) is 5.32 Å². The Kier molecular flexibility index (Phi) is 6.61. The molecule has 0 aliphatic carbocycles. The van der Waals surface area contributed by atoms with Crippen molar-refractivity contribution in [2.24, 2.45) is 5.92 Å². The molecule has 5 nitrogen and oxygen atoms in total. The first-order chi connectivity index (χ1) is 7.70. The fourth-order valence-electron chi connectivity index (χ4n) is 1.02. The molecule has 0 spiro atoms. The Bertz CT molecular complexity index is 256. The number of hydrogen-bond donors (Lipinski definition) is 1. The van der Waals surface area contributed by atoms with Crippen LogP contribution in [0.15, 0.2) is 0 Å². The van der Waals surface area contributed by atoms with Crippen molar-refractivity contribution in [2.75, 3.05) is 13.2 Å². The van der Waals surface area contributed by atoms with Gasteiger partial charge in [0.05, 0.1) is 6.54 Å². The molecule has 17 heavy (non-hydrogen) atoms. The Morgan fingerprint density at radius 2 is 1.82 bits per heavy atom. The largest absolute Gasteiger partial charge is 0.464 e. The maximum absolute atomic E-state index is 11.2. The van der Waals surface area contributed by atoms with Crippen LogP contribution in [0.5, 0.6) is 0 Å². The zero-order valence-electron chi connectivity index (χ0n) is 11.3. The van der Waals surface area contributed by atoms with Gasteiger partial charge in [0.15, 0.2) is 0 Å². The van der Waals surface area contributed by atoms with E-state index in [1.165, 1.54) is 0 Å². The lowest BCUT2D eigenvalue weighted by atomic mass is 10.1. The Morgan fingerprint density at radius 3 is 2.29 bits per heavy atom. The number of alkyl carbamates (subject to hydrolysis) is 1. The van der Waals surface area contributed by atoms with Gasteiger partial charge >= 0.3 is 12.1 Å². The molecule has 0 unspecified atom stereocenters. The molecule has 1 N–H and O–H groups in total. The van der Waals surface area contributed by atoms with Crippen molar-refractivity contribution in [2.45, 2.75) is 46.6 Å². The first kappa shape index (κ1) is 15.7. The zero-order valence-corrected chi connectivity index (χ0v) is 11.3. The first-order valence-electron chi connectivity index (χ1n) is 5.83. The van der Waals surface area contributed by atoms with Gasteiger partial charge in [0.1, 0.15) is 12.2 Å². The Morgan fingerprint density at radius 1 is 1.24 bits per heavy atom. The summed E-state index contributed by atoms with van der Waals surface area (Å²) in [7, 11) is 0. The summed E-state index contributed by atoms with van der Waals surface area (Å²) in [5.74, 6) is 0.0345. The number of nitrogens with one attached hydrogen (secondary N) is 1. The molecular formula is C12H23NO4. The Labute approximate surface area is 103 Å².